The third-order valence-corrected chi connectivity index (χ3v) is 5.48. The SMILES string of the molecule is C[C@@H](CNC(=O)C1(c2ccc(Cl)cc2)CCCC1)C(=O)NC1CC1. The van der Waals surface area contributed by atoms with Crippen molar-refractivity contribution in [1.29, 1.82) is 0 Å². The minimum Gasteiger partial charge on any atom is -0.355 e. The van der Waals surface area contributed by atoms with Crippen LogP contribution in [-0.2, 0) is 15.0 Å². The molecule has 24 heavy (non-hydrogen) atoms. The average Bonchev–Trinajstić information content (AvgIpc) is 3.25. The van der Waals surface area contributed by atoms with Crippen molar-refractivity contribution in [3.63, 3.8) is 0 Å². The van der Waals surface area contributed by atoms with Crippen LogP contribution < -0.4 is 10.6 Å². The van der Waals surface area contributed by atoms with Gasteiger partial charge in [0.15, 0.2) is 0 Å². The van der Waals surface area contributed by atoms with E-state index in [1.54, 1.807) is 0 Å². The molecule has 2 fully saturated rings. The van der Waals surface area contributed by atoms with E-state index in [0.29, 0.717) is 17.6 Å². The molecule has 4 nitrogen and oxygen atoms in total. The summed E-state index contributed by atoms with van der Waals surface area (Å²) < 4.78 is 0. The Kier molecular flexibility index (Phi) is 5.14. The van der Waals surface area contributed by atoms with Crippen LogP contribution in [-0.4, -0.2) is 24.4 Å². The quantitative estimate of drug-likeness (QED) is 0.829. The van der Waals surface area contributed by atoms with Gasteiger partial charge in [-0.25, -0.2) is 0 Å². The van der Waals surface area contributed by atoms with Crippen LogP contribution in [0.25, 0.3) is 0 Å². The number of amides is 2. The Balaban J connectivity index is 1.64. The second kappa shape index (κ2) is 7.14. The van der Waals surface area contributed by atoms with Gasteiger partial charge in [-0.15, -0.1) is 0 Å². The number of hydrogen-bond donors (Lipinski definition) is 2. The first kappa shape index (κ1) is 17.3. The van der Waals surface area contributed by atoms with Gasteiger partial charge in [0.2, 0.25) is 11.8 Å². The van der Waals surface area contributed by atoms with Gasteiger partial charge in [-0.3, -0.25) is 9.59 Å². The van der Waals surface area contributed by atoms with E-state index in [9.17, 15) is 9.59 Å². The molecule has 0 bridgehead atoms. The lowest BCUT2D eigenvalue weighted by atomic mass is 9.78. The number of rotatable bonds is 6. The summed E-state index contributed by atoms with van der Waals surface area (Å²) in [6.45, 7) is 2.24. The summed E-state index contributed by atoms with van der Waals surface area (Å²) in [6, 6.07) is 7.95. The molecule has 1 atom stereocenters. The fourth-order valence-corrected chi connectivity index (χ4v) is 3.60. The van der Waals surface area contributed by atoms with E-state index in [-0.39, 0.29) is 17.7 Å². The molecule has 0 unspecified atom stereocenters. The van der Waals surface area contributed by atoms with E-state index < -0.39 is 5.41 Å². The molecule has 130 valence electrons. The first-order chi connectivity index (χ1) is 11.5. The molecule has 0 spiro atoms. The van der Waals surface area contributed by atoms with Crippen LogP contribution in [0, 0.1) is 5.92 Å². The Morgan fingerprint density at radius 3 is 2.42 bits per heavy atom. The van der Waals surface area contributed by atoms with Gasteiger partial charge in [0, 0.05) is 17.6 Å². The minimum atomic E-state index is -0.475. The summed E-state index contributed by atoms with van der Waals surface area (Å²) >= 11 is 5.98. The van der Waals surface area contributed by atoms with Gasteiger partial charge in [-0.05, 0) is 43.4 Å². The second-order valence-electron chi connectivity index (χ2n) is 7.19. The Morgan fingerprint density at radius 2 is 1.83 bits per heavy atom. The van der Waals surface area contributed by atoms with E-state index in [1.807, 2.05) is 31.2 Å². The zero-order chi connectivity index (χ0) is 17.2. The number of benzene rings is 1. The van der Waals surface area contributed by atoms with E-state index in [4.69, 9.17) is 11.6 Å². The summed E-state index contributed by atoms with van der Waals surface area (Å²) in [6.07, 6.45) is 5.95. The normalized spacial score (nSPS) is 20.4. The fourth-order valence-electron chi connectivity index (χ4n) is 3.47. The van der Waals surface area contributed by atoms with Crippen LogP contribution in [0.15, 0.2) is 24.3 Å². The summed E-state index contributed by atoms with van der Waals surface area (Å²) in [7, 11) is 0. The molecular weight excluding hydrogens is 324 g/mol. The molecule has 0 heterocycles. The van der Waals surface area contributed by atoms with E-state index in [2.05, 4.69) is 10.6 Å². The third kappa shape index (κ3) is 3.75. The summed E-state index contributed by atoms with van der Waals surface area (Å²) in [5.74, 6) is -0.142. The van der Waals surface area contributed by atoms with Crippen LogP contribution in [0.1, 0.15) is 51.0 Å². The zero-order valence-corrected chi connectivity index (χ0v) is 14.9. The van der Waals surface area contributed by atoms with Gasteiger partial charge in [0.05, 0.1) is 11.3 Å². The Morgan fingerprint density at radius 1 is 1.21 bits per heavy atom. The lowest BCUT2D eigenvalue weighted by Crippen LogP contribution is -2.46. The summed E-state index contributed by atoms with van der Waals surface area (Å²) in [4.78, 5) is 25.0. The number of halogens is 1. The summed E-state index contributed by atoms with van der Waals surface area (Å²) in [5, 5.41) is 6.69. The number of hydrogen-bond acceptors (Lipinski definition) is 2. The zero-order valence-electron chi connectivity index (χ0n) is 14.1. The molecule has 2 N–H and O–H groups in total. The highest BCUT2D eigenvalue weighted by Crippen LogP contribution is 2.41. The van der Waals surface area contributed by atoms with Crippen molar-refractivity contribution in [2.75, 3.05) is 6.54 Å². The van der Waals surface area contributed by atoms with Gasteiger partial charge in [0.25, 0.3) is 0 Å². The molecule has 2 aliphatic rings. The molecule has 0 radical (unpaired) electrons. The molecule has 3 rings (SSSR count). The molecule has 2 aliphatic carbocycles. The molecule has 2 amide bonds. The predicted molar refractivity (Wildman–Crippen MR) is 94.9 cm³/mol. The van der Waals surface area contributed by atoms with Crippen molar-refractivity contribution in [1.82, 2.24) is 10.6 Å². The third-order valence-electron chi connectivity index (χ3n) is 5.23. The van der Waals surface area contributed by atoms with Crippen molar-refractivity contribution in [3.05, 3.63) is 34.9 Å². The highest BCUT2D eigenvalue weighted by Gasteiger charge is 2.42. The largest absolute Gasteiger partial charge is 0.355 e. The van der Waals surface area contributed by atoms with E-state index in [0.717, 1.165) is 44.1 Å². The first-order valence-electron chi connectivity index (χ1n) is 8.86. The Hall–Kier alpha value is -1.55. The van der Waals surface area contributed by atoms with Crippen molar-refractivity contribution in [2.24, 2.45) is 5.92 Å². The highest BCUT2D eigenvalue weighted by atomic mass is 35.5. The maximum atomic E-state index is 12.9. The van der Waals surface area contributed by atoms with Crippen molar-refractivity contribution in [3.8, 4) is 0 Å². The van der Waals surface area contributed by atoms with Crippen molar-refractivity contribution >= 4 is 23.4 Å². The molecule has 1 aromatic rings. The Bertz CT molecular complexity index is 604. The van der Waals surface area contributed by atoms with Crippen LogP contribution in [0.5, 0.6) is 0 Å². The van der Waals surface area contributed by atoms with Gasteiger partial charge < -0.3 is 10.6 Å². The smallest absolute Gasteiger partial charge is 0.230 e. The van der Waals surface area contributed by atoms with Crippen LogP contribution in [0.4, 0.5) is 0 Å². The molecule has 0 aromatic heterocycles. The van der Waals surface area contributed by atoms with Crippen LogP contribution in [0.3, 0.4) is 0 Å². The lowest BCUT2D eigenvalue weighted by Gasteiger charge is -2.29. The van der Waals surface area contributed by atoms with Crippen LogP contribution in [0.2, 0.25) is 5.02 Å². The highest BCUT2D eigenvalue weighted by molar-refractivity contribution is 6.30. The lowest BCUT2D eigenvalue weighted by molar-refractivity contribution is -0.128. The van der Waals surface area contributed by atoms with Gasteiger partial charge >= 0.3 is 0 Å². The standard InChI is InChI=1S/C19H25ClN2O2/c1-13(17(23)22-16-8-9-16)12-21-18(24)19(10-2-3-11-19)14-4-6-15(20)7-5-14/h4-7,13,16H,2-3,8-12H2,1H3,(H,21,24)(H,22,23)/t13-/m0/s1. The maximum absolute atomic E-state index is 12.9. The first-order valence-corrected chi connectivity index (χ1v) is 9.24. The van der Waals surface area contributed by atoms with E-state index >= 15 is 0 Å². The summed E-state index contributed by atoms with van der Waals surface area (Å²) in [5.41, 5.74) is 0.550. The monoisotopic (exact) mass is 348 g/mol. The number of nitrogens with one attached hydrogen (secondary N) is 2. The van der Waals surface area contributed by atoms with E-state index in [1.165, 1.54) is 0 Å². The number of carbonyl (C=O) groups is 2. The van der Waals surface area contributed by atoms with Crippen molar-refractivity contribution < 1.29 is 9.59 Å². The molecule has 2 saturated carbocycles. The maximum Gasteiger partial charge on any atom is 0.230 e. The minimum absolute atomic E-state index is 0.0322. The van der Waals surface area contributed by atoms with Crippen LogP contribution >= 0.6 is 11.6 Å². The molecule has 5 heteroatoms. The Labute approximate surface area is 148 Å². The molecular formula is C19H25ClN2O2. The average molecular weight is 349 g/mol. The van der Waals surface area contributed by atoms with Crippen molar-refractivity contribution in [2.45, 2.75) is 56.9 Å². The van der Waals surface area contributed by atoms with Gasteiger partial charge in [0.1, 0.15) is 0 Å². The number of carbonyl (C=O) groups excluding carboxylic acids is 2. The second-order valence-corrected chi connectivity index (χ2v) is 7.63. The molecule has 0 saturated heterocycles. The predicted octanol–water partition coefficient (Wildman–Crippen LogP) is 3.18. The van der Waals surface area contributed by atoms with Gasteiger partial charge in [-0.2, -0.15) is 0 Å². The molecule has 1 aromatic carbocycles. The fraction of sp³-hybridized carbons (Fsp3) is 0.579. The van der Waals surface area contributed by atoms with Gasteiger partial charge in [-0.1, -0.05) is 43.5 Å². The topological polar surface area (TPSA) is 58.2 Å². The molecule has 0 aliphatic heterocycles.